The number of nitrogens with zero attached hydrogens (tertiary/aromatic N) is 3. The molecule has 1 aromatic heterocycles. The van der Waals surface area contributed by atoms with E-state index in [2.05, 4.69) is 4.98 Å². The van der Waals surface area contributed by atoms with Gasteiger partial charge >= 0.3 is 0 Å². The van der Waals surface area contributed by atoms with Crippen molar-refractivity contribution in [2.75, 3.05) is 13.1 Å². The van der Waals surface area contributed by atoms with E-state index in [-0.39, 0.29) is 5.91 Å². The molecule has 5 nitrogen and oxygen atoms in total. The van der Waals surface area contributed by atoms with E-state index in [4.69, 9.17) is 5.26 Å². The lowest BCUT2D eigenvalue weighted by atomic mass is 9.88. The SMILES string of the molecule is N#Cc1ccc(C(=O)N2CC(O)(C3CC3)C2)nc1. The second-order valence-electron chi connectivity index (χ2n) is 5.08. The highest BCUT2D eigenvalue weighted by molar-refractivity contribution is 5.93. The standard InChI is InChI=1S/C13H13N3O2/c14-5-9-1-4-11(15-6-9)12(17)16-7-13(18,8-16)10-2-3-10/h1,4,6,10,18H,2-3,7-8H2. The van der Waals surface area contributed by atoms with Gasteiger partial charge in [0.05, 0.1) is 18.7 Å². The van der Waals surface area contributed by atoms with Gasteiger partial charge in [0.15, 0.2) is 0 Å². The number of carbonyl (C=O) groups excluding carboxylic acids is 1. The van der Waals surface area contributed by atoms with Crippen molar-refractivity contribution in [3.8, 4) is 6.07 Å². The smallest absolute Gasteiger partial charge is 0.272 e. The van der Waals surface area contributed by atoms with E-state index < -0.39 is 5.60 Å². The van der Waals surface area contributed by atoms with Gasteiger partial charge in [0, 0.05) is 6.20 Å². The highest BCUT2D eigenvalue weighted by atomic mass is 16.3. The molecule has 1 N–H and O–H groups in total. The van der Waals surface area contributed by atoms with Crippen molar-refractivity contribution in [1.82, 2.24) is 9.88 Å². The van der Waals surface area contributed by atoms with Crippen LogP contribution < -0.4 is 0 Å². The fourth-order valence-electron chi connectivity index (χ4n) is 2.39. The lowest BCUT2D eigenvalue weighted by Gasteiger charge is -2.46. The summed E-state index contributed by atoms with van der Waals surface area (Å²) in [5.74, 6) is 0.195. The van der Waals surface area contributed by atoms with Gasteiger partial charge in [-0.25, -0.2) is 4.98 Å². The first-order chi connectivity index (χ1) is 8.62. The number of amides is 1. The van der Waals surface area contributed by atoms with Crippen molar-refractivity contribution >= 4 is 5.91 Å². The van der Waals surface area contributed by atoms with E-state index >= 15 is 0 Å². The number of hydrogen-bond acceptors (Lipinski definition) is 4. The summed E-state index contributed by atoms with van der Waals surface area (Å²) in [6.45, 7) is 0.802. The maximum atomic E-state index is 12.0. The summed E-state index contributed by atoms with van der Waals surface area (Å²) in [5.41, 5.74) is 0.0962. The van der Waals surface area contributed by atoms with Crippen LogP contribution in [0.5, 0.6) is 0 Å². The molecule has 3 rings (SSSR count). The Morgan fingerprint density at radius 3 is 2.72 bits per heavy atom. The molecule has 1 saturated heterocycles. The summed E-state index contributed by atoms with van der Waals surface area (Å²) >= 11 is 0. The van der Waals surface area contributed by atoms with E-state index in [1.165, 1.54) is 6.20 Å². The highest BCUT2D eigenvalue weighted by Crippen LogP contribution is 2.44. The van der Waals surface area contributed by atoms with Crippen LogP contribution in [0.1, 0.15) is 28.9 Å². The molecule has 5 heteroatoms. The van der Waals surface area contributed by atoms with Gasteiger partial charge in [-0.05, 0) is 30.9 Å². The van der Waals surface area contributed by atoms with Gasteiger partial charge in [-0.15, -0.1) is 0 Å². The highest BCUT2D eigenvalue weighted by Gasteiger charge is 2.53. The van der Waals surface area contributed by atoms with Crippen molar-refractivity contribution in [1.29, 1.82) is 5.26 Å². The zero-order chi connectivity index (χ0) is 12.8. The molecular weight excluding hydrogens is 230 g/mol. The minimum absolute atomic E-state index is 0.176. The van der Waals surface area contributed by atoms with Gasteiger partial charge in [0.25, 0.3) is 5.91 Å². The van der Waals surface area contributed by atoms with Crippen LogP contribution in [-0.4, -0.2) is 39.6 Å². The maximum absolute atomic E-state index is 12.0. The molecule has 2 heterocycles. The second-order valence-corrected chi connectivity index (χ2v) is 5.08. The Bertz CT molecular complexity index is 522. The van der Waals surface area contributed by atoms with E-state index in [1.807, 2.05) is 6.07 Å². The van der Waals surface area contributed by atoms with Crippen LogP contribution in [0.25, 0.3) is 0 Å². The molecule has 0 spiro atoms. The van der Waals surface area contributed by atoms with E-state index in [1.54, 1.807) is 17.0 Å². The molecule has 2 aliphatic rings. The quantitative estimate of drug-likeness (QED) is 0.822. The molecule has 0 atom stereocenters. The van der Waals surface area contributed by atoms with Crippen molar-refractivity contribution in [2.45, 2.75) is 18.4 Å². The monoisotopic (exact) mass is 243 g/mol. The molecule has 18 heavy (non-hydrogen) atoms. The number of aliphatic hydroxyl groups is 1. The van der Waals surface area contributed by atoms with Gasteiger partial charge in [0.2, 0.25) is 0 Å². The molecule has 1 amide bonds. The number of hydrogen-bond donors (Lipinski definition) is 1. The lowest BCUT2D eigenvalue weighted by Crippen LogP contribution is -2.64. The molecule has 0 aromatic carbocycles. The minimum Gasteiger partial charge on any atom is -0.386 e. The fraction of sp³-hybridized carbons (Fsp3) is 0.462. The number of aromatic nitrogens is 1. The molecule has 0 unspecified atom stereocenters. The van der Waals surface area contributed by atoms with Crippen molar-refractivity contribution in [3.05, 3.63) is 29.6 Å². The Labute approximate surface area is 105 Å². The van der Waals surface area contributed by atoms with Crippen molar-refractivity contribution in [2.24, 2.45) is 5.92 Å². The Balaban J connectivity index is 1.67. The molecule has 0 radical (unpaired) electrons. The average Bonchev–Trinajstić information content (AvgIpc) is 3.19. The minimum atomic E-state index is -0.664. The third-order valence-electron chi connectivity index (χ3n) is 3.67. The zero-order valence-corrected chi connectivity index (χ0v) is 9.83. The third-order valence-corrected chi connectivity index (χ3v) is 3.67. The number of nitriles is 1. The first-order valence-corrected chi connectivity index (χ1v) is 6.00. The molecule has 1 aromatic rings. The Hall–Kier alpha value is -1.93. The first kappa shape index (κ1) is 11.2. The van der Waals surface area contributed by atoms with E-state index in [9.17, 15) is 9.90 Å². The molecule has 1 saturated carbocycles. The van der Waals surface area contributed by atoms with E-state index in [0.717, 1.165) is 12.8 Å². The maximum Gasteiger partial charge on any atom is 0.272 e. The number of pyridine rings is 1. The predicted molar refractivity (Wildman–Crippen MR) is 62.5 cm³/mol. The molecule has 1 aliphatic heterocycles. The topological polar surface area (TPSA) is 77.2 Å². The molecule has 1 aliphatic carbocycles. The van der Waals surface area contributed by atoms with Crippen LogP contribution in [0.2, 0.25) is 0 Å². The number of likely N-dealkylation sites (tertiary alicyclic amines) is 1. The molecular formula is C13H13N3O2. The summed E-state index contributed by atoms with van der Waals surface area (Å²) in [7, 11) is 0. The van der Waals surface area contributed by atoms with Crippen molar-refractivity contribution < 1.29 is 9.90 Å². The van der Waals surface area contributed by atoms with Gasteiger partial charge < -0.3 is 10.0 Å². The average molecular weight is 243 g/mol. The Morgan fingerprint density at radius 1 is 1.50 bits per heavy atom. The number of rotatable bonds is 2. The lowest BCUT2D eigenvalue weighted by molar-refractivity contribution is -0.0959. The summed E-state index contributed by atoms with van der Waals surface area (Å²) in [4.78, 5) is 17.6. The zero-order valence-electron chi connectivity index (χ0n) is 9.83. The predicted octanol–water partition coefficient (Wildman–Crippen LogP) is 0.550. The van der Waals surface area contributed by atoms with Crippen LogP contribution in [0.4, 0.5) is 0 Å². The van der Waals surface area contributed by atoms with Crippen LogP contribution in [0, 0.1) is 17.2 Å². The van der Waals surface area contributed by atoms with Gasteiger partial charge in [-0.3, -0.25) is 4.79 Å². The van der Waals surface area contributed by atoms with Gasteiger partial charge in [-0.1, -0.05) is 0 Å². The normalized spacial score (nSPS) is 21.0. The second kappa shape index (κ2) is 3.79. The van der Waals surface area contributed by atoms with Crippen LogP contribution in [0.3, 0.4) is 0 Å². The Kier molecular flexibility index (Phi) is 2.35. The van der Waals surface area contributed by atoms with Crippen LogP contribution in [0.15, 0.2) is 18.3 Å². The van der Waals surface area contributed by atoms with Crippen molar-refractivity contribution in [3.63, 3.8) is 0 Å². The summed E-state index contributed by atoms with van der Waals surface area (Å²) in [5, 5.41) is 18.8. The first-order valence-electron chi connectivity index (χ1n) is 6.00. The summed E-state index contributed by atoms with van der Waals surface area (Å²) in [6.07, 6.45) is 3.52. The molecule has 0 bridgehead atoms. The summed E-state index contributed by atoms with van der Waals surface area (Å²) < 4.78 is 0. The molecule has 2 fully saturated rings. The fourth-order valence-corrected chi connectivity index (χ4v) is 2.39. The van der Waals surface area contributed by atoms with Gasteiger partial charge in [0.1, 0.15) is 17.4 Å². The van der Waals surface area contributed by atoms with E-state index in [0.29, 0.717) is 30.3 Å². The van der Waals surface area contributed by atoms with Gasteiger partial charge in [-0.2, -0.15) is 5.26 Å². The Morgan fingerprint density at radius 2 is 2.22 bits per heavy atom. The third kappa shape index (κ3) is 1.75. The molecule has 92 valence electrons. The van der Waals surface area contributed by atoms with Crippen LogP contribution >= 0.6 is 0 Å². The largest absolute Gasteiger partial charge is 0.386 e. The summed E-state index contributed by atoms with van der Waals surface area (Å²) in [6, 6.07) is 5.09. The number of carbonyl (C=O) groups is 1. The number of β-amino-alcohol motifs (C(OH)–C–C–N with tert-alkyl or cyclic N) is 1. The van der Waals surface area contributed by atoms with Crippen LogP contribution in [-0.2, 0) is 0 Å².